The predicted molar refractivity (Wildman–Crippen MR) is 43.9 cm³/mol. The first-order valence-electron chi connectivity index (χ1n) is 3.83. The number of rotatable bonds is 4. The van der Waals surface area contributed by atoms with E-state index in [1.54, 1.807) is 18.2 Å². The van der Waals surface area contributed by atoms with E-state index in [0.717, 1.165) is 0 Å². The minimum Gasteiger partial charge on any atom is -0.488 e. The van der Waals surface area contributed by atoms with Crippen molar-refractivity contribution in [2.24, 2.45) is 0 Å². The molecule has 1 N–H and O–H groups in total. The van der Waals surface area contributed by atoms with Gasteiger partial charge in [-0.3, -0.25) is 0 Å². The molecule has 1 aromatic rings. The van der Waals surface area contributed by atoms with Gasteiger partial charge in [-0.25, -0.2) is 8.78 Å². The van der Waals surface area contributed by atoms with Crippen LogP contribution in [-0.2, 0) is 6.61 Å². The summed E-state index contributed by atoms with van der Waals surface area (Å²) in [6.07, 6.45) is -2.47. The number of hydrogen-bond donors (Lipinski definition) is 1. The molecule has 0 aliphatic heterocycles. The zero-order chi connectivity index (χ0) is 9.68. The highest BCUT2D eigenvalue weighted by Gasteiger charge is 2.03. The van der Waals surface area contributed by atoms with Crippen molar-refractivity contribution in [1.82, 2.24) is 0 Å². The first-order valence-corrected chi connectivity index (χ1v) is 3.83. The predicted octanol–water partition coefficient (Wildman–Crippen LogP) is 1.82. The Hall–Kier alpha value is -1.16. The van der Waals surface area contributed by atoms with E-state index in [1.165, 1.54) is 6.07 Å². The zero-order valence-electron chi connectivity index (χ0n) is 6.91. The van der Waals surface area contributed by atoms with Crippen molar-refractivity contribution in [2.75, 3.05) is 6.61 Å². The first-order chi connectivity index (χ1) is 6.22. The number of ether oxygens (including phenoxy) is 1. The van der Waals surface area contributed by atoms with E-state index in [2.05, 4.69) is 0 Å². The Morgan fingerprint density at radius 2 is 2.15 bits per heavy atom. The van der Waals surface area contributed by atoms with Gasteiger partial charge < -0.3 is 9.84 Å². The molecule has 13 heavy (non-hydrogen) atoms. The Kier molecular flexibility index (Phi) is 3.64. The second-order valence-electron chi connectivity index (χ2n) is 2.51. The van der Waals surface area contributed by atoms with E-state index in [4.69, 9.17) is 9.84 Å². The van der Waals surface area contributed by atoms with Crippen molar-refractivity contribution in [1.29, 1.82) is 0 Å². The summed E-state index contributed by atoms with van der Waals surface area (Å²) in [5, 5.41) is 8.74. The lowest BCUT2D eigenvalue weighted by molar-refractivity contribution is 0.0818. The normalized spacial score (nSPS) is 10.5. The summed E-state index contributed by atoms with van der Waals surface area (Å²) in [5.41, 5.74) is 0.645. The van der Waals surface area contributed by atoms with Crippen LogP contribution in [-0.4, -0.2) is 18.1 Å². The van der Waals surface area contributed by atoms with E-state index >= 15 is 0 Å². The molecule has 1 aromatic carbocycles. The van der Waals surface area contributed by atoms with Crippen LogP contribution in [0.1, 0.15) is 5.56 Å². The molecule has 0 saturated heterocycles. The van der Waals surface area contributed by atoms with Crippen molar-refractivity contribution in [3.8, 4) is 5.75 Å². The molecule has 0 aromatic heterocycles. The number of aliphatic hydroxyl groups is 1. The molecule has 0 heterocycles. The first kappa shape index (κ1) is 9.92. The number of hydrogen-bond acceptors (Lipinski definition) is 2. The Morgan fingerprint density at radius 3 is 2.77 bits per heavy atom. The van der Waals surface area contributed by atoms with Crippen molar-refractivity contribution in [3.05, 3.63) is 29.8 Å². The lowest BCUT2D eigenvalue weighted by atomic mass is 10.2. The van der Waals surface area contributed by atoms with E-state index in [-0.39, 0.29) is 6.61 Å². The third-order valence-corrected chi connectivity index (χ3v) is 1.46. The van der Waals surface area contributed by atoms with Crippen LogP contribution in [0.3, 0.4) is 0 Å². The molecule has 0 aliphatic rings. The van der Waals surface area contributed by atoms with Gasteiger partial charge in [0, 0.05) is 0 Å². The molecule has 0 amide bonds. The minimum atomic E-state index is -2.47. The highest BCUT2D eigenvalue weighted by atomic mass is 19.3. The number of halogens is 2. The molecule has 0 spiro atoms. The van der Waals surface area contributed by atoms with Gasteiger partial charge in [-0.05, 0) is 17.7 Å². The van der Waals surface area contributed by atoms with Gasteiger partial charge in [0.25, 0.3) is 6.43 Å². The molecule has 0 unspecified atom stereocenters. The fourth-order valence-electron chi connectivity index (χ4n) is 0.893. The fraction of sp³-hybridized carbons (Fsp3) is 0.333. The number of alkyl halides is 2. The number of aliphatic hydroxyl groups excluding tert-OH is 1. The second-order valence-corrected chi connectivity index (χ2v) is 2.51. The summed E-state index contributed by atoms with van der Waals surface area (Å²) in [6, 6.07) is 6.44. The summed E-state index contributed by atoms with van der Waals surface area (Å²) in [5.74, 6) is 0.354. The monoisotopic (exact) mass is 188 g/mol. The average molecular weight is 188 g/mol. The highest BCUT2D eigenvalue weighted by Crippen LogP contribution is 2.13. The quantitative estimate of drug-likeness (QED) is 0.781. The largest absolute Gasteiger partial charge is 0.488 e. The maximum atomic E-state index is 11.7. The molecular weight excluding hydrogens is 178 g/mol. The molecule has 0 radical (unpaired) electrons. The molecule has 1 rings (SSSR count). The average Bonchev–Trinajstić information content (AvgIpc) is 2.15. The molecule has 2 nitrogen and oxygen atoms in total. The summed E-state index contributed by atoms with van der Waals surface area (Å²) < 4.78 is 28.2. The van der Waals surface area contributed by atoms with E-state index in [1.807, 2.05) is 0 Å². The SMILES string of the molecule is OCc1cccc(OCC(F)F)c1. The van der Waals surface area contributed by atoms with Gasteiger partial charge in [-0.1, -0.05) is 12.1 Å². The standard InChI is InChI=1S/C9H10F2O2/c10-9(11)6-13-8-3-1-2-7(4-8)5-12/h1-4,9,12H,5-6H2. The van der Waals surface area contributed by atoms with Crippen LogP contribution in [0.4, 0.5) is 8.78 Å². The zero-order valence-corrected chi connectivity index (χ0v) is 6.91. The van der Waals surface area contributed by atoms with Gasteiger partial charge in [0.05, 0.1) is 6.61 Å². The summed E-state index contributed by atoms with van der Waals surface area (Å²) in [4.78, 5) is 0. The van der Waals surface area contributed by atoms with E-state index in [0.29, 0.717) is 11.3 Å². The van der Waals surface area contributed by atoms with Crippen LogP contribution < -0.4 is 4.74 Å². The van der Waals surface area contributed by atoms with Gasteiger partial charge in [0.15, 0.2) is 0 Å². The topological polar surface area (TPSA) is 29.5 Å². The molecule has 0 fully saturated rings. The van der Waals surface area contributed by atoms with Crippen molar-refractivity contribution < 1.29 is 18.6 Å². The molecular formula is C9H10F2O2. The second kappa shape index (κ2) is 4.77. The molecule has 72 valence electrons. The van der Waals surface area contributed by atoms with Gasteiger partial charge in [-0.15, -0.1) is 0 Å². The summed E-state index contributed by atoms with van der Waals surface area (Å²) in [6.45, 7) is -0.735. The Labute approximate surface area is 74.8 Å². The molecule has 0 bridgehead atoms. The molecule has 0 aliphatic carbocycles. The third kappa shape index (κ3) is 3.38. The van der Waals surface area contributed by atoms with Gasteiger partial charge in [-0.2, -0.15) is 0 Å². The lowest BCUT2D eigenvalue weighted by Crippen LogP contribution is -2.06. The van der Waals surface area contributed by atoms with Crippen LogP contribution in [0.2, 0.25) is 0 Å². The van der Waals surface area contributed by atoms with Crippen molar-refractivity contribution >= 4 is 0 Å². The summed E-state index contributed by atoms with van der Waals surface area (Å²) in [7, 11) is 0. The van der Waals surface area contributed by atoms with E-state index < -0.39 is 13.0 Å². The van der Waals surface area contributed by atoms with Gasteiger partial charge in [0.2, 0.25) is 0 Å². The van der Waals surface area contributed by atoms with Crippen LogP contribution in [0.15, 0.2) is 24.3 Å². The number of benzene rings is 1. The highest BCUT2D eigenvalue weighted by molar-refractivity contribution is 5.27. The van der Waals surface area contributed by atoms with Crippen LogP contribution in [0.5, 0.6) is 5.75 Å². The van der Waals surface area contributed by atoms with Gasteiger partial charge in [0.1, 0.15) is 12.4 Å². The molecule has 0 atom stereocenters. The van der Waals surface area contributed by atoms with Crippen molar-refractivity contribution in [3.63, 3.8) is 0 Å². The smallest absolute Gasteiger partial charge is 0.272 e. The molecule has 4 heteroatoms. The fourth-order valence-corrected chi connectivity index (χ4v) is 0.893. The van der Waals surface area contributed by atoms with Crippen molar-refractivity contribution in [2.45, 2.75) is 13.0 Å². The Morgan fingerprint density at radius 1 is 1.38 bits per heavy atom. The summed E-state index contributed by atoms with van der Waals surface area (Å²) >= 11 is 0. The van der Waals surface area contributed by atoms with Crippen LogP contribution in [0, 0.1) is 0 Å². The third-order valence-electron chi connectivity index (χ3n) is 1.46. The Bertz CT molecular complexity index is 264. The lowest BCUT2D eigenvalue weighted by Gasteiger charge is -2.05. The maximum Gasteiger partial charge on any atom is 0.272 e. The van der Waals surface area contributed by atoms with Crippen LogP contribution in [0.25, 0.3) is 0 Å². The minimum absolute atomic E-state index is 0.119. The maximum absolute atomic E-state index is 11.7. The Balaban J connectivity index is 2.56. The van der Waals surface area contributed by atoms with Gasteiger partial charge >= 0.3 is 0 Å². The van der Waals surface area contributed by atoms with Crippen LogP contribution >= 0.6 is 0 Å². The van der Waals surface area contributed by atoms with E-state index in [9.17, 15) is 8.78 Å². The molecule has 0 saturated carbocycles.